The van der Waals surface area contributed by atoms with Crippen molar-refractivity contribution in [2.75, 3.05) is 4.72 Å². The number of aromatic nitrogens is 1. The molecule has 22 heavy (non-hydrogen) atoms. The van der Waals surface area contributed by atoms with Gasteiger partial charge in [-0.1, -0.05) is 18.5 Å². The van der Waals surface area contributed by atoms with E-state index >= 15 is 0 Å². The van der Waals surface area contributed by atoms with Crippen molar-refractivity contribution in [1.82, 2.24) is 5.16 Å². The number of nitrogens with zero attached hydrogens (tertiary/aromatic N) is 1. The van der Waals surface area contributed by atoms with Crippen LogP contribution in [0.4, 0.5) is 14.6 Å². The van der Waals surface area contributed by atoms with Crippen LogP contribution in [0.15, 0.2) is 27.6 Å². The second-order valence-corrected chi connectivity index (χ2v) is 6.56. The molecule has 0 amide bonds. The van der Waals surface area contributed by atoms with E-state index in [2.05, 4.69) is 5.16 Å². The van der Waals surface area contributed by atoms with Crippen molar-refractivity contribution in [2.45, 2.75) is 38.0 Å². The Balaban J connectivity index is 2.32. The minimum Gasteiger partial charge on any atom is -0.360 e. The standard InChI is InChI=1S/C14H16F2N2O3S/c1-3-4-5-10-7-12(16)13(8-11(10)15)22(19,20)18-14-6-9(2)21-17-14/h6-8H,3-5H2,1-2H3,(H,17,18). The first-order valence-electron chi connectivity index (χ1n) is 6.77. The average Bonchev–Trinajstić information content (AvgIpc) is 2.83. The van der Waals surface area contributed by atoms with Crippen LogP contribution in [0.1, 0.15) is 31.1 Å². The third-order valence-electron chi connectivity index (χ3n) is 3.06. The summed E-state index contributed by atoms with van der Waals surface area (Å²) in [5, 5.41) is 3.46. The lowest BCUT2D eigenvalue weighted by Crippen LogP contribution is -2.15. The molecule has 0 atom stereocenters. The zero-order valence-electron chi connectivity index (χ0n) is 12.2. The molecule has 1 N–H and O–H groups in total. The smallest absolute Gasteiger partial charge is 0.266 e. The summed E-state index contributed by atoms with van der Waals surface area (Å²) >= 11 is 0. The van der Waals surface area contributed by atoms with Crippen LogP contribution in [-0.4, -0.2) is 13.6 Å². The molecule has 0 unspecified atom stereocenters. The van der Waals surface area contributed by atoms with Gasteiger partial charge >= 0.3 is 0 Å². The fourth-order valence-electron chi connectivity index (χ4n) is 1.94. The van der Waals surface area contributed by atoms with Gasteiger partial charge in [0.25, 0.3) is 10.0 Å². The molecule has 0 aliphatic carbocycles. The van der Waals surface area contributed by atoms with Crippen LogP contribution >= 0.6 is 0 Å². The Morgan fingerprint density at radius 2 is 1.95 bits per heavy atom. The zero-order valence-corrected chi connectivity index (χ0v) is 13.0. The predicted octanol–water partition coefficient (Wildman–Crippen LogP) is 3.40. The minimum absolute atomic E-state index is 0.0904. The summed E-state index contributed by atoms with van der Waals surface area (Å²) in [7, 11) is -4.28. The average molecular weight is 330 g/mol. The van der Waals surface area contributed by atoms with E-state index in [1.807, 2.05) is 11.6 Å². The molecule has 5 nitrogen and oxygen atoms in total. The number of sulfonamides is 1. The lowest BCUT2D eigenvalue weighted by atomic mass is 10.1. The molecular weight excluding hydrogens is 314 g/mol. The Bertz CT molecular complexity index is 772. The van der Waals surface area contributed by atoms with E-state index in [4.69, 9.17) is 4.52 Å². The van der Waals surface area contributed by atoms with Crippen LogP contribution in [0.3, 0.4) is 0 Å². The van der Waals surface area contributed by atoms with Gasteiger partial charge in [0.1, 0.15) is 22.3 Å². The number of rotatable bonds is 6. The number of benzene rings is 1. The SMILES string of the molecule is CCCCc1cc(F)c(S(=O)(=O)Nc2cc(C)on2)cc1F. The number of anilines is 1. The molecule has 0 radical (unpaired) electrons. The van der Waals surface area contributed by atoms with E-state index in [0.29, 0.717) is 24.7 Å². The second kappa shape index (κ2) is 6.43. The maximum absolute atomic E-state index is 14.0. The predicted molar refractivity (Wildman–Crippen MR) is 77.0 cm³/mol. The third-order valence-corrected chi connectivity index (χ3v) is 4.43. The molecule has 2 rings (SSSR count). The lowest BCUT2D eigenvalue weighted by molar-refractivity contribution is 0.400. The first-order chi connectivity index (χ1) is 10.3. The Kier molecular flexibility index (Phi) is 4.80. The molecule has 0 bridgehead atoms. The van der Waals surface area contributed by atoms with Crippen LogP contribution in [-0.2, 0) is 16.4 Å². The summed E-state index contributed by atoms with van der Waals surface area (Å²) in [5.41, 5.74) is 0.163. The van der Waals surface area contributed by atoms with E-state index in [9.17, 15) is 17.2 Å². The Labute approximate surface area is 127 Å². The van der Waals surface area contributed by atoms with Crippen molar-refractivity contribution < 1.29 is 21.7 Å². The number of halogens is 2. The molecule has 0 saturated carbocycles. The van der Waals surface area contributed by atoms with Gasteiger partial charge in [-0.2, -0.15) is 0 Å². The van der Waals surface area contributed by atoms with Crippen molar-refractivity contribution in [2.24, 2.45) is 0 Å². The number of nitrogens with one attached hydrogen (secondary N) is 1. The fraction of sp³-hybridized carbons (Fsp3) is 0.357. The van der Waals surface area contributed by atoms with Gasteiger partial charge in [0, 0.05) is 6.07 Å². The third kappa shape index (κ3) is 3.62. The highest BCUT2D eigenvalue weighted by Gasteiger charge is 2.23. The first-order valence-corrected chi connectivity index (χ1v) is 8.26. The van der Waals surface area contributed by atoms with Gasteiger partial charge in [-0.05, 0) is 37.5 Å². The van der Waals surface area contributed by atoms with Gasteiger partial charge < -0.3 is 4.52 Å². The van der Waals surface area contributed by atoms with E-state index in [1.165, 1.54) is 6.07 Å². The summed E-state index contributed by atoms with van der Waals surface area (Å²) in [6.07, 6.45) is 1.88. The lowest BCUT2D eigenvalue weighted by Gasteiger charge is -2.09. The summed E-state index contributed by atoms with van der Waals surface area (Å²) in [6.45, 7) is 3.50. The molecule has 2 aromatic rings. The first kappa shape index (κ1) is 16.4. The molecule has 0 spiro atoms. The molecule has 1 aromatic heterocycles. The fourth-order valence-corrected chi connectivity index (χ4v) is 3.00. The molecular formula is C14H16F2N2O3S. The summed E-state index contributed by atoms with van der Waals surface area (Å²) in [5.74, 6) is -1.45. The Morgan fingerprint density at radius 3 is 2.55 bits per heavy atom. The molecule has 120 valence electrons. The summed E-state index contributed by atoms with van der Waals surface area (Å²) < 4.78 is 59.0. The maximum Gasteiger partial charge on any atom is 0.266 e. The monoisotopic (exact) mass is 330 g/mol. The van der Waals surface area contributed by atoms with E-state index in [1.54, 1.807) is 6.92 Å². The second-order valence-electron chi connectivity index (χ2n) is 4.91. The van der Waals surface area contributed by atoms with E-state index in [-0.39, 0.29) is 11.4 Å². The topological polar surface area (TPSA) is 72.2 Å². The zero-order chi connectivity index (χ0) is 16.3. The van der Waals surface area contributed by atoms with Crippen LogP contribution in [0.5, 0.6) is 0 Å². The molecule has 1 heterocycles. The number of aryl methyl sites for hydroxylation is 2. The van der Waals surface area contributed by atoms with E-state index in [0.717, 1.165) is 12.5 Å². The van der Waals surface area contributed by atoms with Crippen molar-refractivity contribution in [1.29, 1.82) is 0 Å². The van der Waals surface area contributed by atoms with Crippen molar-refractivity contribution in [3.05, 3.63) is 41.2 Å². The van der Waals surface area contributed by atoms with Crippen molar-refractivity contribution >= 4 is 15.8 Å². The van der Waals surface area contributed by atoms with Crippen LogP contribution in [0.2, 0.25) is 0 Å². The van der Waals surface area contributed by atoms with Crippen LogP contribution in [0, 0.1) is 18.6 Å². The van der Waals surface area contributed by atoms with Gasteiger partial charge in [0.05, 0.1) is 0 Å². The minimum atomic E-state index is -4.28. The maximum atomic E-state index is 14.0. The summed E-state index contributed by atoms with van der Waals surface area (Å²) in [4.78, 5) is -0.758. The molecule has 1 aromatic carbocycles. The summed E-state index contributed by atoms with van der Waals surface area (Å²) in [6, 6.07) is 2.95. The molecule has 0 fully saturated rings. The van der Waals surface area contributed by atoms with E-state index < -0.39 is 26.6 Å². The van der Waals surface area contributed by atoms with Gasteiger partial charge in [0.2, 0.25) is 0 Å². The highest BCUT2D eigenvalue weighted by Crippen LogP contribution is 2.23. The van der Waals surface area contributed by atoms with Crippen molar-refractivity contribution in [3.8, 4) is 0 Å². The van der Waals surface area contributed by atoms with Crippen LogP contribution < -0.4 is 4.72 Å². The molecule has 0 aliphatic rings. The number of hydrogen-bond donors (Lipinski definition) is 1. The quantitative estimate of drug-likeness (QED) is 0.881. The van der Waals surface area contributed by atoms with Gasteiger partial charge in [-0.15, -0.1) is 0 Å². The Hall–Kier alpha value is -1.96. The number of hydrogen-bond acceptors (Lipinski definition) is 4. The normalized spacial score (nSPS) is 11.6. The number of unbranched alkanes of at least 4 members (excludes halogenated alkanes) is 1. The highest BCUT2D eigenvalue weighted by atomic mass is 32.2. The van der Waals surface area contributed by atoms with Gasteiger partial charge in [-0.3, -0.25) is 4.72 Å². The highest BCUT2D eigenvalue weighted by molar-refractivity contribution is 7.92. The van der Waals surface area contributed by atoms with Crippen molar-refractivity contribution in [3.63, 3.8) is 0 Å². The van der Waals surface area contributed by atoms with Gasteiger partial charge in [0.15, 0.2) is 5.82 Å². The van der Waals surface area contributed by atoms with Crippen LogP contribution in [0.25, 0.3) is 0 Å². The van der Waals surface area contributed by atoms with Gasteiger partial charge in [-0.25, -0.2) is 17.2 Å². The molecule has 0 saturated heterocycles. The Morgan fingerprint density at radius 1 is 1.23 bits per heavy atom. The largest absolute Gasteiger partial charge is 0.360 e. The molecule has 8 heteroatoms. The molecule has 0 aliphatic heterocycles.